The van der Waals surface area contributed by atoms with Gasteiger partial charge in [0.15, 0.2) is 0 Å². The standard InChI is InChI=1S/C15H21ClFNO2/c1-15(2,18-5-7-20-8-6-18)14(19)10-11-9-12(16)3-4-13(11)17/h3-4,9,14,19H,5-8,10H2,1-2H3. The molecule has 1 unspecified atom stereocenters. The molecule has 5 heteroatoms. The van der Waals surface area contributed by atoms with Gasteiger partial charge in [0.1, 0.15) is 5.82 Å². The van der Waals surface area contributed by atoms with Crippen LogP contribution in [0.3, 0.4) is 0 Å². The van der Waals surface area contributed by atoms with Crippen LogP contribution in [-0.2, 0) is 11.2 Å². The van der Waals surface area contributed by atoms with Gasteiger partial charge in [0.25, 0.3) is 0 Å². The quantitative estimate of drug-likeness (QED) is 0.927. The summed E-state index contributed by atoms with van der Waals surface area (Å²) in [6.45, 7) is 6.85. The number of benzene rings is 1. The zero-order valence-corrected chi connectivity index (χ0v) is 12.7. The van der Waals surface area contributed by atoms with E-state index in [9.17, 15) is 9.50 Å². The Morgan fingerprint density at radius 2 is 2.05 bits per heavy atom. The molecular formula is C15H21ClFNO2. The van der Waals surface area contributed by atoms with Crippen molar-refractivity contribution in [1.29, 1.82) is 0 Å². The lowest BCUT2D eigenvalue weighted by Gasteiger charge is -2.43. The first-order valence-corrected chi connectivity index (χ1v) is 7.24. The Kier molecular flexibility index (Phi) is 5.02. The Bertz CT molecular complexity index is 461. The van der Waals surface area contributed by atoms with Crippen molar-refractivity contribution in [1.82, 2.24) is 4.90 Å². The van der Waals surface area contributed by atoms with Crippen LogP contribution in [0, 0.1) is 5.82 Å². The van der Waals surface area contributed by atoms with E-state index in [0.717, 1.165) is 13.1 Å². The van der Waals surface area contributed by atoms with Crippen LogP contribution in [0.4, 0.5) is 4.39 Å². The van der Waals surface area contributed by atoms with Gasteiger partial charge >= 0.3 is 0 Å². The largest absolute Gasteiger partial charge is 0.391 e. The maximum atomic E-state index is 13.8. The summed E-state index contributed by atoms with van der Waals surface area (Å²) in [6.07, 6.45) is -0.426. The molecule has 1 aliphatic heterocycles. The highest BCUT2D eigenvalue weighted by atomic mass is 35.5. The molecular weight excluding hydrogens is 281 g/mol. The minimum atomic E-state index is -0.673. The van der Waals surface area contributed by atoms with Crippen molar-refractivity contribution in [3.63, 3.8) is 0 Å². The van der Waals surface area contributed by atoms with Gasteiger partial charge in [-0.05, 0) is 37.6 Å². The summed E-state index contributed by atoms with van der Waals surface area (Å²) in [6, 6.07) is 4.43. The zero-order chi connectivity index (χ0) is 14.8. The third-order valence-electron chi connectivity index (χ3n) is 4.06. The molecule has 3 nitrogen and oxygen atoms in total. The van der Waals surface area contributed by atoms with Gasteiger partial charge in [-0.2, -0.15) is 0 Å². The number of ether oxygens (including phenoxy) is 1. The van der Waals surface area contributed by atoms with Crippen molar-refractivity contribution in [2.24, 2.45) is 0 Å². The average Bonchev–Trinajstić information content (AvgIpc) is 2.43. The summed E-state index contributed by atoms with van der Waals surface area (Å²) in [7, 11) is 0. The molecule has 0 aliphatic carbocycles. The van der Waals surface area contributed by atoms with Crippen LogP contribution in [0.15, 0.2) is 18.2 Å². The van der Waals surface area contributed by atoms with Gasteiger partial charge in [0.05, 0.1) is 19.3 Å². The van der Waals surface area contributed by atoms with E-state index in [0.29, 0.717) is 23.8 Å². The number of aliphatic hydroxyl groups excluding tert-OH is 1. The van der Waals surface area contributed by atoms with Crippen molar-refractivity contribution in [2.45, 2.75) is 31.9 Å². The molecule has 1 aromatic carbocycles. The molecule has 0 amide bonds. The maximum Gasteiger partial charge on any atom is 0.126 e. The molecule has 1 aliphatic rings. The summed E-state index contributed by atoms with van der Waals surface area (Å²) >= 11 is 5.89. The molecule has 0 bridgehead atoms. The molecule has 1 fully saturated rings. The van der Waals surface area contributed by atoms with E-state index >= 15 is 0 Å². The lowest BCUT2D eigenvalue weighted by molar-refractivity contribution is -0.0613. The van der Waals surface area contributed by atoms with Gasteiger partial charge < -0.3 is 9.84 Å². The smallest absolute Gasteiger partial charge is 0.126 e. The number of hydrogen-bond donors (Lipinski definition) is 1. The normalized spacial score (nSPS) is 19.1. The molecule has 0 spiro atoms. The Morgan fingerprint density at radius 3 is 2.70 bits per heavy atom. The first-order valence-electron chi connectivity index (χ1n) is 6.86. The molecule has 1 saturated heterocycles. The van der Waals surface area contributed by atoms with E-state index in [-0.39, 0.29) is 12.2 Å². The lowest BCUT2D eigenvalue weighted by Crippen LogP contribution is -2.56. The van der Waals surface area contributed by atoms with Gasteiger partial charge in [0, 0.05) is 30.1 Å². The third kappa shape index (κ3) is 3.50. The Hall–Kier alpha value is -0.680. The predicted molar refractivity (Wildman–Crippen MR) is 77.6 cm³/mol. The highest BCUT2D eigenvalue weighted by Gasteiger charge is 2.35. The van der Waals surface area contributed by atoms with Crippen molar-refractivity contribution >= 4 is 11.6 Å². The minimum Gasteiger partial charge on any atom is -0.391 e. The van der Waals surface area contributed by atoms with Crippen LogP contribution in [-0.4, -0.2) is 48.0 Å². The number of aliphatic hydroxyl groups is 1. The highest BCUT2D eigenvalue weighted by molar-refractivity contribution is 6.30. The van der Waals surface area contributed by atoms with E-state index in [1.54, 1.807) is 6.07 Å². The number of halogens is 2. The number of rotatable bonds is 4. The van der Waals surface area contributed by atoms with E-state index in [1.807, 2.05) is 13.8 Å². The molecule has 1 N–H and O–H groups in total. The maximum absolute atomic E-state index is 13.8. The van der Waals surface area contributed by atoms with Crippen molar-refractivity contribution < 1.29 is 14.2 Å². The summed E-state index contributed by atoms with van der Waals surface area (Å²) in [4.78, 5) is 2.18. The Morgan fingerprint density at radius 1 is 1.40 bits per heavy atom. The number of nitrogens with zero attached hydrogens (tertiary/aromatic N) is 1. The molecule has 0 saturated carbocycles. The van der Waals surface area contributed by atoms with Gasteiger partial charge in [-0.25, -0.2) is 4.39 Å². The Balaban J connectivity index is 2.09. The van der Waals surface area contributed by atoms with Gasteiger partial charge in [-0.1, -0.05) is 11.6 Å². The van der Waals surface area contributed by atoms with Crippen molar-refractivity contribution in [3.05, 3.63) is 34.6 Å². The highest BCUT2D eigenvalue weighted by Crippen LogP contribution is 2.25. The first-order chi connectivity index (χ1) is 9.41. The third-order valence-corrected chi connectivity index (χ3v) is 4.30. The fraction of sp³-hybridized carbons (Fsp3) is 0.600. The zero-order valence-electron chi connectivity index (χ0n) is 11.9. The topological polar surface area (TPSA) is 32.7 Å². The fourth-order valence-corrected chi connectivity index (χ4v) is 2.70. The van der Waals surface area contributed by atoms with Crippen LogP contribution >= 0.6 is 11.6 Å². The Labute approximate surface area is 124 Å². The fourth-order valence-electron chi connectivity index (χ4n) is 2.51. The van der Waals surface area contributed by atoms with Crippen molar-refractivity contribution in [3.8, 4) is 0 Å². The van der Waals surface area contributed by atoms with Crippen LogP contribution in [0.1, 0.15) is 19.4 Å². The van der Waals surface area contributed by atoms with Gasteiger partial charge in [0.2, 0.25) is 0 Å². The van der Waals surface area contributed by atoms with Crippen molar-refractivity contribution in [2.75, 3.05) is 26.3 Å². The van der Waals surface area contributed by atoms with E-state index in [2.05, 4.69) is 4.90 Å². The minimum absolute atomic E-state index is 0.247. The van der Waals surface area contributed by atoms with Crippen LogP contribution in [0.5, 0.6) is 0 Å². The second-order valence-electron chi connectivity index (χ2n) is 5.71. The summed E-state index contributed by atoms with van der Waals surface area (Å²) in [5.74, 6) is -0.328. The van der Waals surface area contributed by atoms with Crippen LogP contribution in [0.2, 0.25) is 5.02 Å². The lowest BCUT2D eigenvalue weighted by atomic mass is 9.89. The number of hydrogen-bond acceptors (Lipinski definition) is 3. The summed E-state index contributed by atoms with van der Waals surface area (Å²) < 4.78 is 19.1. The number of morpholine rings is 1. The van der Waals surface area contributed by atoms with E-state index in [4.69, 9.17) is 16.3 Å². The van der Waals surface area contributed by atoms with Crippen LogP contribution in [0.25, 0.3) is 0 Å². The van der Waals surface area contributed by atoms with E-state index in [1.165, 1.54) is 12.1 Å². The average molecular weight is 302 g/mol. The summed E-state index contributed by atoms with van der Waals surface area (Å²) in [5, 5.41) is 11.0. The molecule has 0 radical (unpaired) electrons. The van der Waals surface area contributed by atoms with Gasteiger partial charge in [-0.15, -0.1) is 0 Å². The molecule has 1 heterocycles. The monoisotopic (exact) mass is 301 g/mol. The molecule has 112 valence electrons. The van der Waals surface area contributed by atoms with Crippen LogP contribution < -0.4 is 0 Å². The van der Waals surface area contributed by atoms with Gasteiger partial charge in [-0.3, -0.25) is 4.90 Å². The molecule has 1 atom stereocenters. The second kappa shape index (κ2) is 6.39. The predicted octanol–water partition coefficient (Wildman–Crippen LogP) is 2.49. The summed E-state index contributed by atoms with van der Waals surface area (Å²) in [5.41, 5.74) is 0.0183. The molecule has 20 heavy (non-hydrogen) atoms. The van der Waals surface area contributed by atoms with E-state index < -0.39 is 11.6 Å². The molecule has 0 aromatic heterocycles. The SMILES string of the molecule is CC(C)(C(O)Cc1cc(Cl)ccc1F)N1CCOCC1. The molecule has 2 rings (SSSR count). The second-order valence-corrected chi connectivity index (χ2v) is 6.15. The first kappa shape index (κ1) is 15.7. The molecule has 1 aromatic rings.